The molecule has 0 spiro atoms. The highest BCUT2D eigenvalue weighted by atomic mass is 19.1. The fourth-order valence-electron chi connectivity index (χ4n) is 6.41. The minimum Gasteiger partial charge on any atom is -0.465 e. The van der Waals surface area contributed by atoms with Crippen LogP contribution in [0.4, 0.5) is 4.39 Å². The summed E-state index contributed by atoms with van der Waals surface area (Å²) in [6.45, 7) is 4.45. The van der Waals surface area contributed by atoms with Crippen LogP contribution in [0.2, 0.25) is 0 Å². The molecule has 4 nitrogen and oxygen atoms in total. The molecule has 0 amide bonds. The zero-order valence-electron chi connectivity index (χ0n) is 18.3. The maximum Gasteiger partial charge on any atom is 0.330 e. The largest absolute Gasteiger partial charge is 0.465 e. The molecule has 0 heterocycles. The molecule has 0 N–H and O–H groups in total. The summed E-state index contributed by atoms with van der Waals surface area (Å²) >= 11 is 0. The van der Waals surface area contributed by atoms with Crippen LogP contribution in [-0.4, -0.2) is 31.3 Å². The summed E-state index contributed by atoms with van der Waals surface area (Å²) in [5.74, 6) is 2.32. The maximum absolute atomic E-state index is 15.1. The predicted octanol–water partition coefficient (Wildman–Crippen LogP) is 5.79. The molecule has 0 radical (unpaired) electrons. The van der Waals surface area contributed by atoms with Gasteiger partial charge in [0.05, 0.1) is 6.61 Å². The van der Waals surface area contributed by atoms with Gasteiger partial charge in [-0.05, 0) is 100 Å². The molecule has 0 aromatic heterocycles. The van der Waals surface area contributed by atoms with Crippen molar-refractivity contribution in [3.63, 3.8) is 0 Å². The van der Waals surface area contributed by atoms with Crippen LogP contribution in [0.15, 0.2) is 12.7 Å². The van der Waals surface area contributed by atoms with Crippen molar-refractivity contribution in [1.82, 2.24) is 0 Å². The van der Waals surface area contributed by atoms with Gasteiger partial charge < -0.3 is 9.47 Å². The number of carbonyl (C=O) groups is 2. The molecule has 3 unspecified atom stereocenters. The Morgan fingerprint density at radius 1 is 0.933 bits per heavy atom. The smallest absolute Gasteiger partial charge is 0.330 e. The first-order valence-electron chi connectivity index (χ1n) is 12.1. The fraction of sp³-hybridized carbons (Fsp3) is 0.840. The van der Waals surface area contributed by atoms with E-state index in [9.17, 15) is 9.59 Å². The molecule has 0 saturated heterocycles. The number of halogens is 1. The third-order valence-electron chi connectivity index (χ3n) is 8.16. The Hall–Kier alpha value is -1.39. The van der Waals surface area contributed by atoms with Gasteiger partial charge in [0.2, 0.25) is 0 Å². The number of alkyl halides is 1. The van der Waals surface area contributed by atoms with Crippen LogP contribution in [0.25, 0.3) is 0 Å². The average Bonchev–Trinajstić information content (AvgIpc) is 2.78. The molecule has 3 aliphatic rings. The van der Waals surface area contributed by atoms with E-state index < -0.39 is 6.17 Å². The molecular formula is C25H39FO4. The van der Waals surface area contributed by atoms with Gasteiger partial charge in [-0.25, -0.2) is 9.18 Å². The van der Waals surface area contributed by atoms with Crippen LogP contribution in [0.1, 0.15) is 83.5 Å². The Bertz CT molecular complexity index is 549. The highest BCUT2D eigenvalue weighted by Gasteiger charge is 2.40. The standard InChI is InChI=1S/C25H39FO4/c1-2-25(28)29-15-3-4-18-5-7-19(8-6-18)21-11-14-23(24(26)16-21)20-9-12-22(13-10-20)30-17-27/h2,17-24H,1,3-16H2. The summed E-state index contributed by atoms with van der Waals surface area (Å²) in [4.78, 5) is 21.6. The quantitative estimate of drug-likeness (QED) is 0.204. The van der Waals surface area contributed by atoms with Crippen LogP contribution in [-0.2, 0) is 19.1 Å². The zero-order chi connectivity index (χ0) is 21.3. The number of ether oxygens (including phenoxy) is 2. The van der Waals surface area contributed by atoms with Gasteiger partial charge in [-0.3, -0.25) is 4.79 Å². The molecule has 3 saturated carbocycles. The fourth-order valence-corrected chi connectivity index (χ4v) is 6.41. The first-order valence-corrected chi connectivity index (χ1v) is 12.1. The summed E-state index contributed by atoms with van der Waals surface area (Å²) < 4.78 is 25.3. The summed E-state index contributed by atoms with van der Waals surface area (Å²) in [5, 5.41) is 0. The van der Waals surface area contributed by atoms with E-state index in [1.165, 1.54) is 38.2 Å². The molecule has 170 valence electrons. The molecule has 3 atom stereocenters. The molecule has 3 fully saturated rings. The van der Waals surface area contributed by atoms with Gasteiger partial charge in [-0.15, -0.1) is 0 Å². The van der Waals surface area contributed by atoms with E-state index in [4.69, 9.17) is 9.47 Å². The van der Waals surface area contributed by atoms with Crippen LogP contribution < -0.4 is 0 Å². The Morgan fingerprint density at radius 3 is 2.23 bits per heavy atom. The van der Waals surface area contributed by atoms with Crippen LogP contribution in [0.3, 0.4) is 0 Å². The van der Waals surface area contributed by atoms with E-state index >= 15 is 4.39 Å². The van der Waals surface area contributed by atoms with E-state index in [0.29, 0.717) is 30.8 Å². The van der Waals surface area contributed by atoms with E-state index in [1.807, 2.05) is 0 Å². The lowest BCUT2D eigenvalue weighted by Gasteiger charge is -2.42. The first-order chi connectivity index (χ1) is 14.6. The van der Waals surface area contributed by atoms with Gasteiger partial charge in [0.15, 0.2) is 0 Å². The lowest BCUT2D eigenvalue weighted by atomic mass is 9.64. The normalized spacial score (nSPS) is 37.2. The second kappa shape index (κ2) is 11.9. The van der Waals surface area contributed by atoms with E-state index in [0.717, 1.165) is 57.3 Å². The van der Waals surface area contributed by atoms with Crippen molar-refractivity contribution in [2.75, 3.05) is 6.61 Å². The Morgan fingerprint density at radius 2 is 1.60 bits per heavy atom. The SMILES string of the molecule is C=CC(=O)OCCCC1CCC(C2CCC(C3CCC(OC=O)CC3)C(F)C2)CC1. The third kappa shape index (κ3) is 6.55. The second-order valence-electron chi connectivity index (χ2n) is 9.82. The molecule has 0 bridgehead atoms. The average molecular weight is 423 g/mol. The maximum atomic E-state index is 15.1. The molecule has 30 heavy (non-hydrogen) atoms. The number of esters is 1. The topological polar surface area (TPSA) is 52.6 Å². The van der Waals surface area contributed by atoms with Crippen molar-refractivity contribution in [2.24, 2.45) is 29.6 Å². The van der Waals surface area contributed by atoms with Gasteiger partial charge in [-0.1, -0.05) is 19.4 Å². The number of rotatable bonds is 9. The summed E-state index contributed by atoms with van der Waals surface area (Å²) in [6, 6.07) is 0. The minimum atomic E-state index is -0.658. The molecule has 0 aromatic rings. The summed E-state index contributed by atoms with van der Waals surface area (Å²) in [6.07, 6.45) is 14.3. The third-order valence-corrected chi connectivity index (χ3v) is 8.16. The van der Waals surface area contributed by atoms with Gasteiger partial charge in [0.25, 0.3) is 6.47 Å². The van der Waals surface area contributed by atoms with Gasteiger partial charge in [0.1, 0.15) is 12.3 Å². The van der Waals surface area contributed by atoms with E-state index in [-0.39, 0.29) is 18.0 Å². The predicted molar refractivity (Wildman–Crippen MR) is 114 cm³/mol. The van der Waals surface area contributed by atoms with Gasteiger partial charge in [0, 0.05) is 6.08 Å². The minimum absolute atomic E-state index is 0.0531. The Labute approximate surface area is 181 Å². The van der Waals surface area contributed by atoms with E-state index in [2.05, 4.69) is 6.58 Å². The molecule has 0 aromatic carbocycles. The van der Waals surface area contributed by atoms with E-state index in [1.54, 1.807) is 0 Å². The number of hydrogen-bond donors (Lipinski definition) is 0. The number of hydrogen-bond acceptors (Lipinski definition) is 4. The lowest BCUT2D eigenvalue weighted by molar-refractivity contribution is -0.138. The zero-order valence-corrected chi connectivity index (χ0v) is 18.3. The van der Waals surface area contributed by atoms with Crippen molar-refractivity contribution in [3.05, 3.63) is 12.7 Å². The van der Waals surface area contributed by atoms with Crippen LogP contribution >= 0.6 is 0 Å². The van der Waals surface area contributed by atoms with Crippen LogP contribution in [0.5, 0.6) is 0 Å². The van der Waals surface area contributed by atoms with Gasteiger partial charge >= 0.3 is 5.97 Å². The highest BCUT2D eigenvalue weighted by Crippen LogP contribution is 2.47. The van der Waals surface area contributed by atoms with Crippen molar-refractivity contribution in [3.8, 4) is 0 Å². The number of carbonyl (C=O) groups excluding carboxylic acids is 2. The Balaban J connectivity index is 1.34. The monoisotopic (exact) mass is 422 g/mol. The molecule has 0 aliphatic heterocycles. The summed E-state index contributed by atoms with van der Waals surface area (Å²) in [7, 11) is 0. The van der Waals surface area contributed by atoms with Crippen molar-refractivity contribution in [2.45, 2.75) is 95.7 Å². The molecular weight excluding hydrogens is 383 g/mol. The van der Waals surface area contributed by atoms with Gasteiger partial charge in [-0.2, -0.15) is 0 Å². The van der Waals surface area contributed by atoms with Crippen molar-refractivity contribution in [1.29, 1.82) is 0 Å². The van der Waals surface area contributed by atoms with Crippen molar-refractivity contribution < 1.29 is 23.5 Å². The highest BCUT2D eigenvalue weighted by molar-refractivity contribution is 5.81. The second-order valence-corrected chi connectivity index (χ2v) is 9.82. The first kappa shape index (κ1) is 23.3. The Kier molecular flexibility index (Phi) is 9.20. The molecule has 3 aliphatic carbocycles. The molecule has 3 rings (SSSR count). The lowest BCUT2D eigenvalue weighted by Crippen LogP contribution is -2.37. The van der Waals surface area contributed by atoms with Crippen LogP contribution in [0, 0.1) is 29.6 Å². The summed E-state index contributed by atoms with van der Waals surface area (Å²) in [5.41, 5.74) is 0. The molecule has 5 heteroatoms. The van der Waals surface area contributed by atoms with Crippen molar-refractivity contribution >= 4 is 12.4 Å².